The molecular weight excluding hydrogens is 230 g/mol. The van der Waals surface area contributed by atoms with E-state index in [1.54, 1.807) is 12.1 Å². The van der Waals surface area contributed by atoms with Crippen LogP contribution in [0.25, 0.3) is 0 Å². The van der Waals surface area contributed by atoms with Crippen LogP contribution in [0.4, 0.5) is 5.69 Å². The average molecular weight is 251 g/mol. The number of para-hydroxylation sites is 1. The highest BCUT2D eigenvalue weighted by Crippen LogP contribution is 2.21. The number of nitrogen functional groups attached to an aromatic ring is 1. The molecule has 0 aliphatic carbocycles. The smallest absolute Gasteiger partial charge is 0.231 e. The number of hydrogen-bond donors (Lipinski definition) is 3. The molecule has 5 heteroatoms. The average Bonchev–Trinajstić information content (AvgIpc) is 2.27. The summed E-state index contributed by atoms with van der Waals surface area (Å²) in [6, 6.07) is 7.28. The van der Waals surface area contributed by atoms with Gasteiger partial charge in [-0.05, 0) is 19.9 Å². The maximum absolute atomic E-state index is 11.0. The Bertz CT molecular complexity index is 407. The number of nitrogens with zero attached hydrogens (tertiary/aromatic N) is 1. The second kappa shape index (κ2) is 6.37. The van der Waals surface area contributed by atoms with Crippen LogP contribution in [0.5, 0.6) is 0 Å². The summed E-state index contributed by atoms with van der Waals surface area (Å²) in [5.74, 6) is -0.406. The Morgan fingerprint density at radius 3 is 2.50 bits per heavy atom. The zero-order chi connectivity index (χ0) is 13.7. The molecule has 1 unspecified atom stereocenters. The number of anilines is 1. The Kier molecular flexibility index (Phi) is 5.12. The molecule has 0 spiro atoms. The number of primary amides is 1. The van der Waals surface area contributed by atoms with Gasteiger partial charge in [-0.3, -0.25) is 9.69 Å². The Morgan fingerprint density at radius 2 is 2.00 bits per heavy atom. The Labute approximate surface area is 107 Å². The Morgan fingerprint density at radius 1 is 1.39 bits per heavy atom. The van der Waals surface area contributed by atoms with Gasteiger partial charge in [-0.25, -0.2) is 0 Å². The van der Waals surface area contributed by atoms with Gasteiger partial charge in [-0.1, -0.05) is 18.2 Å². The topological polar surface area (TPSA) is 92.6 Å². The third kappa shape index (κ3) is 4.01. The molecule has 1 amide bonds. The minimum absolute atomic E-state index is 0.122. The summed E-state index contributed by atoms with van der Waals surface area (Å²) < 4.78 is 0. The third-order valence-electron chi connectivity index (χ3n) is 2.85. The van der Waals surface area contributed by atoms with Crippen molar-refractivity contribution < 1.29 is 9.90 Å². The summed E-state index contributed by atoms with van der Waals surface area (Å²) in [6.07, 6.45) is -0.729. The minimum atomic E-state index is -0.729. The highest BCUT2D eigenvalue weighted by atomic mass is 16.3. The van der Waals surface area contributed by atoms with Crippen LogP contribution in [-0.4, -0.2) is 35.0 Å². The predicted molar refractivity (Wildman–Crippen MR) is 71.7 cm³/mol. The molecule has 5 N–H and O–H groups in total. The van der Waals surface area contributed by atoms with E-state index >= 15 is 0 Å². The van der Waals surface area contributed by atoms with Crippen molar-refractivity contribution in [2.75, 3.05) is 18.8 Å². The van der Waals surface area contributed by atoms with Gasteiger partial charge in [0.2, 0.25) is 5.91 Å². The second-order valence-electron chi connectivity index (χ2n) is 4.63. The highest BCUT2D eigenvalue weighted by Gasteiger charge is 2.18. The fraction of sp³-hybridized carbons (Fsp3) is 0.462. The number of hydrogen-bond acceptors (Lipinski definition) is 4. The van der Waals surface area contributed by atoms with Gasteiger partial charge in [0, 0.05) is 23.8 Å². The fourth-order valence-corrected chi connectivity index (χ4v) is 1.79. The van der Waals surface area contributed by atoms with Crippen LogP contribution >= 0.6 is 0 Å². The number of aliphatic hydroxyl groups excluding tert-OH is 1. The molecular formula is C13H21N3O2. The molecule has 100 valence electrons. The maximum Gasteiger partial charge on any atom is 0.231 e. The van der Waals surface area contributed by atoms with Gasteiger partial charge in [-0.2, -0.15) is 0 Å². The lowest BCUT2D eigenvalue weighted by atomic mass is 10.1. The number of amides is 1. The van der Waals surface area contributed by atoms with E-state index in [1.807, 2.05) is 30.9 Å². The molecule has 0 aromatic heterocycles. The molecule has 0 fully saturated rings. The number of nitrogens with two attached hydrogens (primary N) is 2. The molecule has 0 heterocycles. The highest BCUT2D eigenvalue weighted by molar-refractivity contribution is 5.75. The van der Waals surface area contributed by atoms with Crippen molar-refractivity contribution in [3.05, 3.63) is 29.8 Å². The molecule has 0 saturated heterocycles. The van der Waals surface area contributed by atoms with E-state index in [-0.39, 0.29) is 12.6 Å². The lowest BCUT2D eigenvalue weighted by molar-refractivity contribution is -0.119. The van der Waals surface area contributed by atoms with Crippen molar-refractivity contribution in [3.63, 3.8) is 0 Å². The molecule has 0 radical (unpaired) electrons. The molecule has 0 aliphatic rings. The number of carbonyl (C=O) groups excluding carboxylic acids is 1. The van der Waals surface area contributed by atoms with Crippen LogP contribution in [0.2, 0.25) is 0 Å². The van der Waals surface area contributed by atoms with E-state index in [4.69, 9.17) is 11.5 Å². The van der Waals surface area contributed by atoms with Crippen LogP contribution in [0.15, 0.2) is 24.3 Å². The summed E-state index contributed by atoms with van der Waals surface area (Å²) in [5.41, 5.74) is 12.2. The lowest BCUT2D eigenvalue weighted by Crippen LogP contribution is -2.41. The molecule has 1 rings (SSSR count). The normalized spacial score (nSPS) is 12.9. The molecule has 0 saturated carbocycles. The van der Waals surface area contributed by atoms with Crippen LogP contribution in [-0.2, 0) is 4.79 Å². The van der Waals surface area contributed by atoms with E-state index in [0.717, 1.165) is 0 Å². The van der Waals surface area contributed by atoms with Gasteiger partial charge in [0.1, 0.15) is 0 Å². The van der Waals surface area contributed by atoms with Crippen molar-refractivity contribution >= 4 is 11.6 Å². The van der Waals surface area contributed by atoms with Crippen LogP contribution in [0, 0.1) is 0 Å². The predicted octanol–water partition coefficient (Wildman–Crippen LogP) is 0.498. The lowest BCUT2D eigenvalue weighted by Gasteiger charge is -2.27. The standard InChI is InChI=1S/C13H21N3O2/c1-9(2)16(8-13(15)18)7-12(17)10-5-3-4-6-11(10)14/h3-6,9,12,17H,7-8,14H2,1-2H3,(H2,15,18). The number of benzene rings is 1. The SMILES string of the molecule is CC(C)N(CC(N)=O)CC(O)c1ccccc1N. The molecule has 1 atom stereocenters. The summed E-state index contributed by atoms with van der Waals surface area (Å²) in [7, 11) is 0. The van der Waals surface area contributed by atoms with Crippen LogP contribution in [0.1, 0.15) is 25.5 Å². The van der Waals surface area contributed by atoms with E-state index in [0.29, 0.717) is 17.8 Å². The van der Waals surface area contributed by atoms with E-state index in [2.05, 4.69) is 0 Å². The summed E-state index contributed by atoms with van der Waals surface area (Å²) in [5, 5.41) is 10.2. The van der Waals surface area contributed by atoms with Gasteiger partial charge < -0.3 is 16.6 Å². The quantitative estimate of drug-likeness (QED) is 0.642. The molecule has 0 aliphatic heterocycles. The van der Waals surface area contributed by atoms with Gasteiger partial charge in [0.15, 0.2) is 0 Å². The van der Waals surface area contributed by atoms with Gasteiger partial charge in [0.25, 0.3) is 0 Å². The van der Waals surface area contributed by atoms with E-state index < -0.39 is 12.0 Å². The van der Waals surface area contributed by atoms with Gasteiger partial charge >= 0.3 is 0 Å². The van der Waals surface area contributed by atoms with E-state index in [9.17, 15) is 9.90 Å². The minimum Gasteiger partial charge on any atom is -0.398 e. The zero-order valence-electron chi connectivity index (χ0n) is 10.8. The molecule has 1 aromatic rings. The molecule has 1 aromatic carbocycles. The zero-order valence-corrected chi connectivity index (χ0v) is 10.8. The maximum atomic E-state index is 11.0. The van der Waals surface area contributed by atoms with Gasteiger partial charge in [0.05, 0.1) is 12.6 Å². The van der Waals surface area contributed by atoms with Crippen molar-refractivity contribution in [1.82, 2.24) is 4.90 Å². The Hall–Kier alpha value is -1.59. The molecule has 0 bridgehead atoms. The van der Waals surface area contributed by atoms with Crippen molar-refractivity contribution in [3.8, 4) is 0 Å². The van der Waals surface area contributed by atoms with Crippen LogP contribution in [0.3, 0.4) is 0 Å². The number of aliphatic hydroxyl groups is 1. The first-order valence-corrected chi connectivity index (χ1v) is 5.96. The van der Waals surface area contributed by atoms with Crippen molar-refractivity contribution in [2.45, 2.75) is 26.0 Å². The second-order valence-corrected chi connectivity index (χ2v) is 4.63. The summed E-state index contributed by atoms with van der Waals surface area (Å²) in [4.78, 5) is 12.8. The van der Waals surface area contributed by atoms with Crippen molar-refractivity contribution in [1.29, 1.82) is 0 Å². The first-order valence-electron chi connectivity index (χ1n) is 5.96. The van der Waals surface area contributed by atoms with Crippen LogP contribution < -0.4 is 11.5 Å². The van der Waals surface area contributed by atoms with Gasteiger partial charge in [-0.15, -0.1) is 0 Å². The molecule has 18 heavy (non-hydrogen) atoms. The number of carbonyl (C=O) groups is 1. The number of rotatable bonds is 6. The summed E-state index contributed by atoms with van der Waals surface area (Å²) >= 11 is 0. The largest absolute Gasteiger partial charge is 0.398 e. The monoisotopic (exact) mass is 251 g/mol. The third-order valence-corrected chi connectivity index (χ3v) is 2.85. The van der Waals surface area contributed by atoms with E-state index in [1.165, 1.54) is 0 Å². The molecule has 5 nitrogen and oxygen atoms in total. The first-order chi connectivity index (χ1) is 8.41. The first kappa shape index (κ1) is 14.5. The van der Waals surface area contributed by atoms with Crippen molar-refractivity contribution in [2.24, 2.45) is 5.73 Å². The Balaban J connectivity index is 2.75. The summed E-state index contributed by atoms with van der Waals surface area (Å²) in [6.45, 7) is 4.35. The fourth-order valence-electron chi connectivity index (χ4n) is 1.79.